The first kappa shape index (κ1) is 18.3. The minimum atomic E-state index is -0.459. The molecule has 1 aromatic carbocycles. The van der Waals surface area contributed by atoms with Crippen molar-refractivity contribution in [2.75, 3.05) is 24.5 Å². The van der Waals surface area contributed by atoms with E-state index in [1.54, 1.807) is 6.08 Å². The SMILES string of the molecule is O=C1C=C2C(C#Cc3ccc(N4CCCCC4)cc3)=C[C@@H]3C[C@@]2(O1)[C@H]1CCCCN31. The molecule has 4 heteroatoms. The summed E-state index contributed by atoms with van der Waals surface area (Å²) in [5.41, 5.74) is 3.87. The van der Waals surface area contributed by atoms with Crippen molar-refractivity contribution in [3.63, 3.8) is 0 Å². The molecule has 0 aromatic heterocycles. The van der Waals surface area contributed by atoms with Crippen molar-refractivity contribution in [2.24, 2.45) is 0 Å². The third-order valence-corrected chi connectivity index (χ3v) is 7.60. The minimum Gasteiger partial charge on any atom is -0.449 e. The van der Waals surface area contributed by atoms with Gasteiger partial charge in [0.05, 0.1) is 6.04 Å². The number of rotatable bonds is 1. The molecule has 0 unspecified atom stereocenters. The van der Waals surface area contributed by atoms with Gasteiger partial charge in [0, 0.05) is 54.0 Å². The number of fused-ring (bicyclic) bond motifs is 3. The number of ether oxygens (including phenoxy) is 1. The fraction of sp³-hybridized carbons (Fsp3) is 0.500. The molecule has 0 N–H and O–H groups in total. The Bertz CT molecular complexity index is 990. The molecule has 1 aromatic rings. The van der Waals surface area contributed by atoms with Crippen molar-refractivity contribution in [1.29, 1.82) is 0 Å². The van der Waals surface area contributed by atoms with Crippen molar-refractivity contribution in [3.05, 3.63) is 53.1 Å². The number of piperidine rings is 2. The quantitative estimate of drug-likeness (QED) is 0.530. The lowest BCUT2D eigenvalue weighted by molar-refractivity contribution is -0.148. The summed E-state index contributed by atoms with van der Waals surface area (Å²) in [6.07, 6.45) is 12.3. The van der Waals surface area contributed by atoms with E-state index in [4.69, 9.17) is 4.74 Å². The number of benzene rings is 1. The van der Waals surface area contributed by atoms with E-state index in [9.17, 15) is 4.79 Å². The van der Waals surface area contributed by atoms with Gasteiger partial charge in [-0.1, -0.05) is 24.3 Å². The Labute approximate surface area is 178 Å². The fourth-order valence-corrected chi connectivity index (χ4v) is 6.22. The Hall–Kier alpha value is -2.51. The molecule has 30 heavy (non-hydrogen) atoms. The van der Waals surface area contributed by atoms with Crippen LogP contribution in [0.15, 0.2) is 47.6 Å². The van der Waals surface area contributed by atoms with Gasteiger partial charge in [0.25, 0.3) is 0 Å². The molecule has 3 atom stereocenters. The summed E-state index contributed by atoms with van der Waals surface area (Å²) < 4.78 is 5.99. The lowest BCUT2D eigenvalue weighted by atomic mass is 9.77. The first-order valence-corrected chi connectivity index (χ1v) is 11.5. The molecule has 0 radical (unpaired) electrons. The van der Waals surface area contributed by atoms with E-state index in [2.05, 4.69) is 52.0 Å². The van der Waals surface area contributed by atoms with Crippen LogP contribution in [0.4, 0.5) is 5.69 Å². The molecule has 154 valence electrons. The maximum Gasteiger partial charge on any atom is 0.332 e. The first-order valence-electron chi connectivity index (χ1n) is 11.5. The van der Waals surface area contributed by atoms with Crippen molar-refractivity contribution in [1.82, 2.24) is 4.90 Å². The molecule has 5 aliphatic rings. The topological polar surface area (TPSA) is 32.8 Å². The van der Waals surface area contributed by atoms with Gasteiger partial charge in [0.2, 0.25) is 0 Å². The molecule has 2 bridgehead atoms. The van der Waals surface area contributed by atoms with Crippen LogP contribution in [0.5, 0.6) is 0 Å². The highest BCUT2D eigenvalue weighted by atomic mass is 16.6. The fourth-order valence-electron chi connectivity index (χ4n) is 6.22. The highest BCUT2D eigenvalue weighted by Crippen LogP contribution is 2.53. The number of hydrogen-bond donors (Lipinski definition) is 0. The minimum absolute atomic E-state index is 0.198. The standard InChI is InChI=1S/C26H28N2O2/c29-25-17-23-20(16-22-18-26(23,30-25)24-6-2-5-15-28(22)24)10-7-19-8-11-21(12-9-19)27-13-3-1-4-14-27/h8-9,11-12,16-17,22,24H,1-6,13-15,18H2/t22-,24-,26+/m1/s1. The van der Waals surface area contributed by atoms with Crippen LogP contribution in [0.3, 0.4) is 0 Å². The van der Waals surface area contributed by atoms with Gasteiger partial charge in [-0.05, 0) is 62.9 Å². The van der Waals surface area contributed by atoms with Gasteiger partial charge in [-0.3, -0.25) is 4.90 Å². The number of hydrogen-bond acceptors (Lipinski definition) is 4. The zero-order valence-electron chi connectivity index (χ0n) is 17.4. The highest BCUT2D eigenvalue weighted by Gasteiger charge is 2.61. The predicted molar refractivity (Wildman–Crippen MR) is 117 cm³/mol. The van der Waals surface area contributed by atoms with E-state index >= 15 is 0 Å². The number of esters is 1. The molecule has 4 aliphatic heterocycles. The number of anilines is 1. The van der Waals surface area contributed by atoms with E-state index in [-0.39, 0.29) is 5.97 Å². The van der Waals surface area contributed by atoms with Crippen LogP contribution in [0.2, 0.25) is 0 Å². The van der Waals surface area contributed by atoms with Crippen LogP contribution >= 0.6 is 0 Å². The second kappa shape index (κ2) is 7.03. The largest absolute Gasteiger partial charge is 0.449 e. The van der Waals surface area contributed by atoms with Crippen molar-refractivity contribution in [2.45, 2.75) is 62.6 Å². The molecule has 0 amide bonds. The van der Waals surface area contributed by atoms with E-state index < -0.39 is 5.60 Å². The van der Waals surface area contributed by atoms with Gasteiger partial charge in [-0.2, -0.15) is 0 Å². The maximum absolute atomic E-state index is 12.3. The van der Waals surface area contributed by atoms with Gasteiger partial charge < -0.3 is 9.64 Å². The van der Waals surface area contributed by atoms with Crippen LogP contribution in [-0.4, -0.2) is 48.2 Å². The van der Waals surface area contributed by atoms with Gasteiger partial charge in [0.15, 0.2) is 5.60 Å². The van der Waals surface area contributed by atoms with Crippen LogP contribution in [0.25, 0.3) is 0 Å². The number of nitrogens with zero attached hydrogens (tertiary/aromatic N) is 2. The molecule has 3 fully saturated rings. The molecule has 0 saturated carbocycles. The molecule has 4 nitrogen and oxygen atoms in total. The molecule has 6 rings (SSSR count). The summed E-state index contributed by atoms with van der Waals surface area (Å²) in [4.78, 5) is 17.3. The Kier molecular flexibility index (Phi) is 4.28. The molecule has 1 spiro atoms. The summed E-state index contributed by atoms with van der Waals surface area (Å²) in [5, 5.41) is 0. The monoisotopic (exact) mass is 400 g/mol. The molecule has 4 heterocycles. The van der Waals surface area contributed by atoms with Gasteiger partial charge in [-0.25, -0.2) is 4.79 Å². The lowest BCUT2D eigenvalue weighted by Crippen LogP contribution is -2.48. The molecular weight excluding hydrogens is 372 g/mol. The van der Waals surface area contributed by atoms with E-state index in [1.165, 1.54) is 37.8 Å². The Balaban J connectivity index is 1.28. The number of carbonyl (C=O) groups excluding carboxylic acids is 1. The van der Waals surface area contributed by atoms with Crippen LogP contribution in [-0.2, 0) is 9.53 Å². The average Bonchev–Trinajstić information content (AvgIpc) is 3.27. The second-order valence-electron chi connectivity index (χ2n) is 9.31. The van der Waals surface area contributed by atoms with E-state index in [1.807, 2.05) is 0 Å². The third kappa shape index (κ3) is 2.83. The molecular formula is C26H28N2O2. The summed E-state index contributed by atoms with van der Waals surface area (Å²) in [6.45, 7) is 3.40. The summed E-state index contributed by atoms with van der Waals surface area (Å²) in [6, 6.07) is 9.28. The highest BCUT2D eigenvalue weighted by molar-refractivity contribution is 5.90. The van der Waals surface area contributed by atoms with Crippen LogP contribution in [0, 0.1) is 11.8 Å². The Morgan fingerprint density at radius 2 is 1.77 bits per heavy atom. The first-order chi connectivity index (χ1) is 14.7. The maximum atomic E-state index is 12.3. The third-order valence-electron chi connectivity index (χ3n) is 7.60. The van der Waals surface area contributed by atoms with E-state index in [0.717, 1.165) is 49.2 Å². The Morgan fingerprint density at radius 1 is 0.967 bits per heavy atom. The van der Waals surface area contributed by atoms with Crippen molar-refractivity contribution >= 4 is 11.7 Å². The van der Waals surface area contributed by atoms with Gasteiger partial charge in [0.1, 0.15) is 0 Å². The smallest absolute Gasteiger partial charge is 0.332 e. The summed E-state index contributed by atoms with van der Waals surface area (Å²) in [7, 11) is 0. The normalized spacial score (nSPS) is 32.4. The Morgan fingerprint density at radius 3 is 2.60 bits per heavy atom. The summed E-state index contributed by atoms with van der Waals surface area (Å²) in [5.74, 6) is 6.56. The van der Waals surface area contributed by atoms with Crippen LogP contribution < -0.4 is 4.90 Å². The van der Waals surface area contributed by atoms with Gasteiger partial charge >= 0.3 is 5.97 Å². The summed E-state index contributed by atoms with van der Waals surface area (Å²) >= 11 is 0. The molecule has 1 aliphatic carbocycles. The van der Waals surface area contributed by atoms with Crippen molar-refractivity contribution in [3.8, 4) is 11.8 Å². The van der Waals surface area contributed by atoms with Crippen LogP contribution in [0.1, 0.15) is 50.5 Å². The lowest BCUT2D eigenvalue weighted by Gasteiger charge is -2.38. The zero-order valence-corrected chi connectivity index (χ0v) is 17.4. The second-order valence-corrected chi connectivity index (χ2v) is 9.31. The van der Waals surface area contributed by atoms with Gasteiger partial charge in [-0.15, -0.1) is 0 Å². The van der Waals surface area contributed by atoms with E-state index in [0.29, 0.717) is 12.1 Å². The van der Waals surface area contributed by atoms with Crippen molar-refractivity contribution < 1.29 is 9.53 Å². The zero-order chi connectivity index (χ0) is 20.1. The number of carbonyl (C=O) groups is 1. The predicted octanol–water partition coefficient (Wildman–Crippen LogP) is 3.82. The molecule has 3 saturated heterocycles. The average molecular weight is 401 g/mol.